The third-order valence-electron chi connectivity index (χ3n) is 6.47. The summed E-state index contributed by atoms with van der Waals surface area (Å²) in [5, 5.41) is 0.717. The monoisotopic (exact) mass is 449 g/mol. The quantitative estimate of drug-likeness (QED) is 0.520. The van der Waals surface area contributed by atoms with Gasteiger partial charge in [0, 0.05) is 46.9 Å². The molecule has 4 rings (SSSR count). The molecular formula is C27H28ClNO3. The number of fused-ring (bicyclic) bond motifs is 1. The fourth-order valence-corrected chi connectivity index (χ4v) is 4.84. The summed E-state index contributed by atoms with van der Waals surface area (Å²) in [6.07, 6.45) is 9.31. The van der Waals surface area contributed by atoms with Gasteiger partial charge in [-0.2, -0.15) is 0 Å². The second-order valence-electron chi connectivity index (χ2n) is 8.55. The van der Waals surface area contributed by atoms with E-state index in [0.717, 1.165) is 58.7 Å². The van der Waals surface area contributed by atoms with Gasteiger partial charge < -0.3 is 9.64 Å². The van der Waals surface area contributed by atoms with E-state index >= 15 is 0 Å². The Labute approximate surface area is 194 Å². The molecule has 0 bridgehead atoms. The van der Waals surface area contributed by atoms with Crippen LogP contribution in [0.5, 0.6) is 5.75 Å². The van der Waals surface area contributed by atoms with E-state index in [-0.39, 0.29) is 23.4 Å². The molecular weight excluding hydrogens is 422 g/mol. The Hall–Kier alpha value is -2.85. The summed E-state index contributed by atoms with van der Waals surface area (Å²) in [6, 6.07) is 13.4. The van der Waals surface area contributed by atoms with Crippen molar-refractivity contribution in [2.75, 3.05) is 7.11 Å². The van der Waals surface area contributed by atoms with E-state index in [1.54, 1.807) is 14.0 Å². The van der Waals surface area contributed by atoms with Crippen molar-refractivity contribution in [2.45, 2.75) is 39.2 Å². The number of carbonyl (C=O) groups is 2. The molecule has 0 saturated heterocycles. The zero-order valence-corrected chi connectivity index (χ0v) is 19.3. The first-order chi connectivity index (χ1) is 15.5. The summed E-state index contributed by atoms with van der Waals surface area (Å²) >= 11 is 6.30. The number of carbonyl (C=O) groups excluding carboxylic acids is 2. The highest BCUT2D eigenvalue weighted by atomic mass is 35.5. The topological polar surface area (TPSA) is 46.6 Å². The lowest BCUT2D eigenvalue weighted by Gasteiger charge is -2.28. The molecule has 0 amide bonds. The second kappa shape index (κ2) is 9.74. The average Bonchev–Trinajstić information content (AvgIpc) is 2.80. The van der Waals surface area contributed by atoms with E-state index in [4.69, 9.17) is 16.3 Å². The number of Topliss-reactive ketones (excluding diaryl/α,β-unsaturated/α-hetero) is 2. The number of ether oxygens (including phenoxy) is 1. The first-order valence-corrected chi connectivity index (χ1v) is 11.5. The van der Waals surface area contributed by atoms with E-state index in [2.05, 4.69) is 6.08 Å². The van der Waals surface area contributed by atoms with Crippen LogP contribution >= 0.6 is 11.6 Å². The Morgan fingerprint density at radius 2 is 2.00 bits per heavy atom. The minimum absolute atomic E-state index is 0.00124. The van der Waals surface area contributed by atoms with Crippen molar-refractivity contribution >= 4 is 23.2 Å². The molecule has 0 N–H and O–H groups in total. The molecule has 1 heterocycles. The fraction of sp³-hybridized carbons (Fsp3) is 0.333. The first-order valence-electron chi connectivity index (χ1n) is 11.1. The van der Waals surface area contributed by atoms with E-state index in [1.165, 1.54) is 0 Å². The van der Waals surface area contributed by atoms with E-state index in [0.29, 0.717) is 6.54 Å². The number of halogens is 1. The highest BCUT2D eigenvalue weighted by Gasteiger charge is 2.29. The second-order valence-corrected chi connectivity index (χ2v) is 8.96. The zero-order chi connectivity index (χ0) is 22.7. The lowest BCUT2D eigenvalue weighted by molar-refractivity contribution is -0.114. The maximum atomic E-state index is 13.0. The summed E-state index contributed by atoms with van der Waals surface area (Å²) < 4.78 is 5.29. The molecule has 2 aromatic rings. The summed E-state index contributed by atoms with van der Waals surface area (Å²) in [5.74, 6) is 1.09. The lowest BCUT2D eigenvalue weighted by atomic mass is 9.78. The van der Waals surface area contributed by atoms with Crippen LogP contribution in [0.2, 0.25) is 5.02 Å². The molecule has 2 aromatic carbocycles. The molecule has 4 nitrogen and oxygen atoms in total. The molecule has 1 aliphatic carbocycles. The van der Waals surface area contributed by atoms with Crippen LogP contribution in [0.1, 0.15) is 47.7 Å². The molecule has 166 valence electrons. The summed E-state index contributed by atoms with van der Waals surface area (Å²) in [6.45, 7) is 2.22. The molecule has 0 spiro atoms. The largest absolute Gasteiger partial charge is 0.497 e. The fourth-order valence-electron chi connectivity index (χ4n) is 4.64. The van der Waals surface area contributed by atoms with Crippen molar-refractivity contribution < 1.29 is 14.3 Å². The van der Waals surface area contributed by atoms with Gasteiger partial charge in [-0.05, 0) is 68.0 Å². The van der Waals surface area contributed by atoms with Crippen molar-refractivity contribution in [1.29, 1.82) is 0 Å². The number of allylic oxidation sites excluding steroid dienone is 2. The molecule has 0 fully saturated rings. The lowest BCUT2D eigenvalue weighted by Crippen LogP contribution is -2.25. The highest BCUT2D eigenvalue weighted by molar-refractivity contribution is 6.31. The van der Waals surface area contributed by atoms with Gasteiger partial charge in [-0.15, -0.1) is 0 Å². The van der Waals surface area contributed by atoms with Gasteiger partial charge in [-0.3, -0.25) is 9.59 Å². The highest BCUT2D eigenvalue weighted by Crippen LogP contribution is 2.34. The summed E-state index contributed by atoms with van der Waals surface area (Å²) in [5.41, 5.74) is 3.68. The average molecular weight is 450 g/mol. The predicted octanol–water partition coefficient (Wildman–Crippen LogP) is 5.99. The van der Waals surface area contributed by atoms with Gasteiger partial charge in [0.2, 0.25) is 0 Å². The molecule has 0 radical (unpaired) electrons. The number of nitrogens with zero attached hydrogens (tertiary/aromatic N) is 1. The van der Waals surface area contributed by atoms with Crippen LogP contribution in [0.3, 0.4) is 0 Å². The van der Waals surface area contributed by atoms with Crippen molar-refractivity contribution in [3.05, 3.63) is 88.2 Å². The number of hydrogen-bond donors (Lipinski definition) is 0. The molecule has 2 unspecified atom stereocenters. The molecule has 5 heteroatoms. The first kappa shape index (κ1) is 22.3. The van der Waals surface area contributed by atoms with Gasteiger partial charge in [0.1, 0.15) is 5.75 Å². The summed E-state index contributed by atoms with van der Waals surface area (Å²) in [4.78, 5) is 27.4. The zero-order valence-electron chi connectivity index (χ0n) is 18.5. The van der Waals surface area contributed by atoms with Gasteiger partial charge in [0.25, 0.3) is 0 Å². The van der Waals surface area contributed by atoms with Crippen LogP contribution in [0, 0.1) is 11.8 Å². The van der Waals surface area contributed by atoms with Crippen LogP contribution in [-0.2, 0) is 17.8 Å². The smallest absolute Gasteiger partial charge is 0.166 e. The van der Waals surface area contributed by atoms with Crippen LogP contribution in [-0.4, -0.2) is 23.6 Å². The Morgan fingerprint density at radius 1 is 1.19 bits per heavy atom. The Balaban J connectivity index is 1.42. The van der Waals surface area contributed by atoms with Crippen LogP contribution < -0.4 is 4.74 Å². The molecule has 1 aliphatic heterocycles. The number of ketones is 2. The minimum atomic E-state index is -0.00124. The van der Waals surface area contributed by atoms with Crippen molar-refractivity contribution in [3.63, 3.8) is 0 Å². The molecule has 0 aromatic heterocycles. The van der Waals surface area contributed by atoms with E-state index < -0.39 is 0 Å². The van der Waals surface area contributed by atoms with Crippen LogP contribution in [0.4, 0.5) is 0 Å². The Morgan fingerprint density at radius 3 is 2.75 bits per heavy atom. The number of methoxy groups -OCH3 is 1. The summed E-state index contributed by atoms with van der Waals surface area (Å²) in [7, 11) is 1.64. The van der Waals surface area contributed by atoms with Gasteiger partial charge in [0.05, 0.1) is 7.11 Å². The Bertz CT molecular complexity index is 1090. The molecule has 2 aliphatic rings. The third-order valence-corrected chi connectivity index (χ3v) is 6.84. The number of aryl methyl sites for hydroxylation is 1. The van der Waals surface area contributed by atoms with Crippen molar-refractivity contribution in [1.82, 2.24) is 4.90 Å². The van der Waals surface area contributed by atoms with Gasteiger partial charge in [-0.25, -0.2) is 0 Å². The number of rotatable bonds is 7. The minimum Gasteiger partial charge on any atom is -0.497 e. The predicted molar refractivity (Wildman–Crippen MR) is 127 cm³/mol. The van der Waals surface area contributed by atoms with Crippen LogP contribution in [0.15, 0.2) is 66.5 Å². The van der Waals surface area contributed by atoms with Gasteiger partial charge in [0.15, 0.2) is 11.6 Å². The van der Waals surface area contributed by atoms with E-state index in [9.17, 15) is 9.59 Å². The van der Waals surface area contributed by atoms with Gasteiger partial charge >= 0.3 is 0 Å². The molecule has 0 saturated carbocycles. The van der Waals surface area contributed by atoms with E-state index in [1.807, 2.05) is 59.8 Å². The molecule has 2 atom stereocenters. The Kier molecular flexibility index (Phi) is 6.80. The SMILES string of the molecule is COc1ccc2c(c1)CCC(CCC1C=CN(Cc3ccccc3Cl)C=C1C(C)=O)C2=O. The van der Waals surface area contributed by atoms with Crippen molar-refractivity contribution in [3.8, 4) is 5.75 Å². The maximum Gasteiger partial charge on any atom is 0.166 e. The maximum absolute atomic E-state index is 13.0. The number of hydrogen-bond acceptors (Lipinski definition) is 4. The normalized spacial score (nSPS) is 20.0. The standard InChI is InChI=1S/C27H28ClNO3/c1-18(30)25-17-29(16-22-5-3-4-6-26(22)28)14-13-19(25)7-8-20-9-10-21-15-23(32-2)11-12-24(21)27(20)31/h3-6,11-15,17,19-20H,7-10,16H2,1-2H3. The molecule has 32 heavy (non-hydrogen) atoms. The van der Waals surface area contributed by atoms with Gasteiger partial charge in [-0.1, -0.05) is 35.9 Å². The third kappa shape index (κ3) is 4.81. The number of benzene rings is 2. The van der Waals surface area contributed by atoms with Crippen molar-refractivity contribution in [2.24, 2.45) is 11.8 Å². The van der Waals surface area contributed by atoms with Crippen LogP contribution in [0.25, 0.3) is 0 Å².